The Morgan fingerprint density at radius 1 is 1.19 bits per heavy atom. The number of para-hydroxylation sites is 2. The summed E-state index contributed by atoms with van der Waals surface area (Å²) in [4.78, 5) is 20.9. The number of halogens is 2. The second-order valence-electron chi connectivity index (χ2n) is 6.45. The van der Waals surface area contributed by atoms with Crippen molar-refractivity contribution in [3.63, 3.8) is 0 Å². The molecule has 4 rings (SSSR count). The van der Waals surface area contributed by atoms with E-state index in [-0.39, 0.29) is 30.7 Å². The van der Waals surface area contributed by atoms with Gasteiger partial charge in [-0.25, -0.2) is 9.97 Å². The summed E-state index contributed by atoms with van der Waals surface area (Å²) < 4.78 is 1.94. The first-order valence-corrected chi connectivity index (χ1v) is 8.69. The maximum atomic E-state index is 12.1. The van der Waals surface area contributed by atoms with Gasteiger partial charge in [-0.2, -0.15) is 0 Å². The van der Waals surface area contributed by atoms with Gasteiger partial charge in [0.25, 0.3) is 0 Å². The molecule has 0 saturated carbocycles. The molecule has 0 bridgehead atoms. The molecule has 0 radical (unpaired) electrons. The van der Waals surface area contributed by atoms with Crippen molar-refractivity contribution >= 4 is 47.4 Å². The number of anilines is 1. The van der Waals surface area contributed by atoms with Crippen LogP contribution in [0, 0.1) is 5.92 Å². The summed E-state index contributed by atoms with van der Waals surface area (Å²) in [7, 11) is 0. The van der Waals surface area contributed by atoms with Crippen LogP contribution in [-0.2, 0) is 4.79 Å². The lowest BCUT2D eigenvalue weighted by atomic mass is 10.0. The van der Waals surface area contributed by atoms with Crippen LogP contribution in [0.2, 0.25) is 0 Å². The van der Waals surface area contributed by atoms with Crippen LogP contribution in [0.5, 0.6) is 0 Å². The molecule has 1 fully saturated rings. The maximum absolute atomic E-state index is 12.1. The molecule has 0 spiro atoms. The number of hydrogen-bond acceptors (Lipinski definition) is 4. The normalized spacial score (nSPS) is 15.8. The number of benzene rings is 1. The van der Waals surface area contributed by atoms with Gasteiger partial charge in [0.2, 0.25) is 5.91 Å². The predicted molar refractivity (Wildman–Crippen MR) is 112 cm³/mol. The van der Waals surface area contributed by atoms with Gasteiger partial charge in [0.1, 0.15) is 12.1 Å². The van der Waals surface area contributed by atoms with Crippen molar-refractivity contribution in [3.05, 3.63) is 48.9 Å². The molecular formula is C19H23Cl2N5O. The third kappa shape index (κ3) is 4.97. The third-order valence-electron chi connectivity index (χ3n) is 4.67. The molecule has 6 nitrogen and oxygen atoms in total. The molecule has 8 heteroatoms. The van der Waals surface area contributed by atoms with Gasteiger partial charge in [0.15, 0.2) is 0 Å². The second kappa shape index (κ2) is 9.69. The van der Waals surface area contributed by atoms with Crippen LogP contribution < -0.4 is 10.6 Å². The molecule has 1 aliphatic rings. The number of carbonyl (C=O) groups excluding carboxylic acids is 1. The van der Waals surface area contributed by atoms with Crippen molar-refractivity contribution in [2.75, 3.05) is 18.4 Å². The number of rotatable bonds is 5. The minimum Gasteiger partial charge on any atom is -0.325 e. The van der Waals surface area contributed by atoms with Crippen molar-refractivity contribution in [3.8, 4) is 5.82 Å². The number of imidazole rings is 1. The van der Waals surface area contributed by atoms with Crippen molar-refractivity contribution in [2.45, 2.75) is 19.3 Å². The van der Waals surface area contributed by atoms with E-state index in [4.69, 9.17) is 0 Å². The van der Waals surface area contributed by atoms with Gasteiger partial charge in [-0.3, -0.25) is 9.36 Å². The average molecular weight is 408 g/mol. The highest BCUT2D eigenvalue weighted by molar-refractivity contribution is 5.90. The molecule has 27 heavy (non-hydrogen) atoms. The second-order valence-corrected chi connectivity index (χ2v) is 6.45. The van der Waals surface area contributed by atoms with Crippen LogP contribution >= 0.6 is 24.8 Å². The molecule has 0 aliphatic carbocycles. The molecule has 1 aromatic carbocycles. The predicted octanol–water partition coefficient (Wildman–Crippen LogP) is 3.59. The topological polar surface area (TPSA) is 71.8 Å². The number of aromatic nitrogens is 3. The lowest BCUT2D eigenvalue weighted by molar-refractivity contribution is -0.116. The first-order chi connectivity index (χ1) is 12.3. The lowest BCUT2D eigenvalue weighted by Crippen LogP contribution is -2.15. The van der Waals surface area contributed by atoms with Gasteiger partial charge in [0.05, 0.1) is 22.9 Å². The molecule has 1 unspecified atom stereocenters. The molecule has 1 saturated heterocycles. The Morgan fingerprint density at radius 2 is 2.04 bits per heavy atom. The van der Waals surface area contributed by atoms with Gasteiger partial charge in [-0.05, 0) is 56.1 Å². The summed E-state index contributed by atoms with van der Waals surface area (Å²) >= 11 is 0. The van der Waals surface area contributed by atoms with E-state index in [2.05, 4.69) is 20.6 Å². The molecule has 1 atom stereocenters. The fourth-order valence-electron chi connectivity index (χ4n) is 3.26. The van der Waals surface area contributed by atoms with E-state index < -0.39 is 0 Å². The number of hydrogen-bond donors (Lipinski definition) is 2. The van der Waals surface area contributed by atoms with E-state index in [0.29, 0.717) is 12.3 Å². The van der Waals surface area contributed by atoms with Gasteiger partial charge in [0, 0.05) is 6.42 Å². The summed E-state index contributed by atoms with van der Waals surface area (Å²) in [6, 6.07) is 11.7. The molecule has 2 N–H and O–H groups in total. The molecule has 3 aromatic rings. The Balaban J connectivity index is 0.00000131. The SMILES string of the molecule is Cl.Cl.O=C(CCC1CCNC1)Nc1ccc(-n2cnc3ccccc32)nc1. The number of fused-ring (bicyclic) bond motifs is 1. The monoisotopic (exact) mass is 407 g/mol. The van der Waals surface area contributed by atoms with Crippen LogP contribution in [0.1, 0.15) is 19.3 Å². The lowest BCUT2D eigenvalue weighted by Gasteiger charge is -2.09. The Bertz CT molecular complexity index is 875. The van der Waals surface area contributed by atoms with Crippen LogP contribution in [0.15, 0.2) is 48.9 Å². The Hall–Kier alpha value is -2.15. The largest absolute Gasteiger partial charge is 0.325 e. The molecule has 1 amide bonds. The third-order valence-corrected chi connectivity index (χ3v) is 4.67. The van der Waals surface area contributed by atoms with Gasteiger partial charge < -0.3 is 10.6 Å². The summed E-state index contributed by atoms with van der Waals surface area (Å²) in [5.74, 6) is 1.46. The zero-order valence-corrected chi connectivity index (χ0v) is 16.4. The Labute approximate surface area is 170 Å². The van der Waals surface area contributed by atoms with Crippen LogP contribution in [-0.4, -0.2) is 33.5 Å². The average Bonchev–Trinajstić information content (AvgIpc) is 3.30. The van der Waals surface area contributed by atoms with Gasteiger partial charge in [-0.15, -0.1) is 24.8 Å². The Kier molecular flexibility index (Phi) is 7.59. The highest BCUT2D eigenvalue weighted by Crippen LogP contribution is 2.18. The number of pyridine rings is 1. The van der Waals surface area contributed by atoms with Crippen molar-refractivity contribution in [1.82, 2.24) is 19.9 Å². The van der Waals surface area contributed by atoms with Crippen LogP contribution in [0.3, 0.4) is 0 Å². The zero-order chi connectivity index (χ0) is 17.1. The summed E-state index contributed by atoms with van der Waals surface area (Å²) in [6.45, 7) is 2.10. The van der Waals surface area contributed by atoms with Crippen molar-refractivity contribution in [2.24, 2.45) is 5.92 Å². The highest BCUT2D eigenvalue weighted by Gasteiger charge is 2.15. The summed E-state index contributed by atoms with van der Waals surface area (Å²) in [5.41, 5.74) is 2.67. The minimum absolute atomic E-state index is 0. The number of carbonyl (C=O) groups is 1. The van der Waals surface area contributed by atoms with Crippen molar-refractivity contribution < 1.29 is 4.79 Å². The van der Waals surface area contributed by atoms with Crippen LogP contribution in [0.4, 0.5) is 5.69 Å². The fourth-order valence-corrected chi connectivity index (χ4v) is 3.26. The van der Waals surface area contributed by atoms with E-state index in [0.717, 1.165) is 42.0 Å². The maximum Gasteiger partial charge on any atom is 0.224 e. The fraction of sp³-hybridized carbons (Fsp3) is 0.316. The molecule has 1 aliphatic heterocycles. The van der Waals surface area contributed by atoms with E-state index in [1.54, 1.807) is 12.5 Å². The quantitative estimate of drug-likeness (QED) is 0.677. The van der Waals surface area contributed by atoms with Crippen LogP contribution in [0.25, 0.3) is 16.9 Å². The Morgan fingerprint density at radius 3 is 2.78 bits per heavy atom. The highest BCUT2D eigenvalue weighted by atomic mass is 35.5. The summed E-state index contributed by atoms with van der Waals surface area (Å²) in [5, 5.41) is 6.26. The van der Waals surface area contributed by atoms with E-state index in [1.807, 2.05) is 41.0 Å². The van der Waals surface area contributed by atoms with E-state index in [1.165, 1.54) is 6.42 Å². The van der Waals surface area contributed by atoms with Crippen molar-refractivity contribution in [1.29, 1.82) is 0 Å². The first kappa shape index (κ1) is 21.2. The smallest absolute Gasteiger partial charge is 0.224 e. The summed E-state index contributed by atoms with van der Waals surface area (Å²) in [6.07, 6.45) is 6.12. The standard InChI is InChI=1S/C19H21N5O.2ClH/c25-19(8-5-14-9-10-20-11-14)23-15-6-7-18(21-12-15)24-13-22-16-3-1-2-4-17(16)24;;/h1-4,6-7,12-14,20H,5,8-11H2,(H,23,25);2*1H. The minimum atomic E-state index is 0. The van der Waals surface area contributed by atoms with E-state index >= 15 is 0 Å². The molecular weight excluding hydrogens is 385 g/mol. The number of nitrogens with zero attached hydrogens (tertiary/aromatic N) is 3. The van der Waals surface area contributed by atoms with E-state index in [9.17, 15) is 4.79 Å². The zero-order valence-electron chi connectivity index (χ0n) is 14.8. The molecule has 144 valence electrons. The first-order valence-electron chi connectivity index (χ1n) is 8.69. The molecule has 2 aromatic heterocycles. The molecule has 3 heterocycles. The number of nitrogens with one attached hydrogen (secondary N) is 2. The van der Waals surface area contributed by atoms with Gasteiger partial charge >= 0.3 is 0 Å². The number of amides is 1. The van der Waals surface area contributed by atoms with Gasteiger partial charge in [-0.1, -0.05) is 12.1 Å².